The van der Waals surface area contributed by atoms with Crippen LogP contribution in [0.3, 0.4) is 0 Å². The van der Waals surface area contributed by atoms with Crippen molar-refractivity contribution in [3.63, 3.8) is 0 Å². The molecule has 3 aromatic carbocycles. The molecule has 7 heteroatoms. The molecule has 6 nitrogen and oxygen atoms in total. The van der Waals surface area contributed by atoms with Crippen LogP contribution in [0.2, 0.25) is 0 Å². The number of carbonyl (C=O) groups excluding carboxylic acids is 2. The van der Waals surface area contributed by atoms with E-state index in [1.165, 1.54) is 11.0 Å². The molecule has 4 rings (SSSR count). The van der Waals surface area contributed by atoms with Crippen LogP contribution in [0.15, 0.2) is 66.7 Å². The second-order valence-electron chi connectivity index (χ2n) is 8.93. The van der Waals surface area contributed by atoms with Crippen molar-refractivity contribution in [1.29, 1.82) is 0 Å². The van der Waals surface area contributed by atoms with Crippen LogP contribution in [-0.2, 0) is 4.79 Å². The van der Waals surface area contributed by atoms with E-state index in [2.05, 4.69) is 4.85 Å². The Morgan fingerprint density at radius 1 is 1.00 bits per heavy atom. The molecule has 0 aromatic heterocycles. The number of hydrogen-bond acceptors (Lipinski definition) is 3. The van der Waals surface area contributed by atoms with Crippen LogP contribution in [0.25, 0.3) is 16.0 Å². The summed E-state index contributed by atoms with van der Waals surface area (Å²) in [6.45, 7) is 12.8. The van der Waals surface area contributed by atoms with Gasteiger partial charge in [0.1, 0.15) is 5.54 Å². The zero-order chi connectivity index (χ0) is 25.2. The summed E-state index contributed by atoms with van der Waals surface area (Å²) in [5, 5.41) is 0. The number of amides is 3. The third-order valence-corrected chi connectivity index (χ3v) is 6.21. The quantitative estimate of drug-likeness (QED) is 0.229. The molecule has 3 amide bonds. The van der Waals surface area contributed by atoms with Crippen molar-refractivity contribution in [2.75, 3.05) is 18.1 Å². The third-order valence-electron chi connectivity index (χ3n) is 6.21. The van der Waals surface area contributed by atoms with Crippen molar-refractivity contribution in [2.45, 2.75) is 32.7 Å². The molecule has 0 N–H and O–H groups in total. The first-order chi connectivity index (χ1) is 16.7. The molecule has 1 fully saturated rings. The SMILES string of the molecule is [C-]#[N+]c1ccc(N2C(=O)N(CCCOc3ccc(-c4ccccc4)cc3F)C(C)(C)C2=O)cc1C. The van der Waals surface area contributed by atoms with Gasteiger partial charge in [-0.2, -0.15) is 0 Å². The molecule has 0 unspecified atom stereocenters. The smallest absolute Gasteiger partial charge is 0.332 e. The van der Waals surface area contributed by atoms with E-state index in [-0.39, 0.29) is 24.8 Å². The topological polar surface area (TPSA) is 54.2 Å². The van der Waals surface area contributed by atoms with Crippen molar-refractivity contribution in [2.24, 2.45) is 0 Å². The molecule has 0 aliphatic carbocycles. The van der Waals surface area contributed by atoms with Gasteiger partial charge < -0.3 is 9.64 Å². The normalized spacial score (nSPS) is 14.8. The Hall–Kier alpha value is -4.18. The van der Waals surface area contributed by atoms with E-state index < -0.39 is 17.4 Å². The molecule has 1 aliphatic heterocycles. The Morgan fingerprint density at radius 3 is 2.40 bits per heavy atom. The first-order valence-corrected chi connectivity index (χ1v) is 11.4. The summed E-state index contributed by atoms with van der Waals surface area (Å²) in [5.74, 6) is -0.644. The van der Waals surface area contributed by atoms with Crippen molar-refractivity contribution in [3.8, 4) is 16.9 Å². The van der Waals surface area contributed by atoms with E-state index in [1.54, 1.807) is 51.1 Å². The van der Waals surface area contributed by atoms with Gasteiger partial charge in [-0.05, 0) is 68.1 Å². The third kappa shape index (κ3) is 4.60. The molecule has 0 bridgehead atoms. The van der Waals surface area contributed by atoms with Crippen molar-refractivity contribution >= 4 is 23.3 Å². The molecule has 0 spiro atoms. The van der Waals surface area contributed by atoms with Gasteiger partial charge in [0.25, 0.3) is 5.91 Å². The largest absolute Gasteiger partial charge is 0.490 e. The number of carbonyl (C=O) groups is 2. The average molecular weight is 472 g/mol. The highest BCUT2D eigenvalue weighted by atomic mass is 19.1. The minimum atomic E-state index is -1.04. The average Bonchev–Trinajstić information content (AvgIpc) is 3.01. The lowest BCUT2D eigenvalue weighted by molar-refractivity contribution is -0.123. The van der Waals surface area contributed by atoms with Crippen molar-refractivity contribution in [1.82, 2.24) is 4.90 Å². The van der Waals surface area contributed by atoms with Crippen LogP contribution in [0.1, 0.15) is 25.8 Å². The van der Waals surface area contributed by atoms with E-state index in [9.17, 15) is 14.0 Å². The van der Waals surface area contributed by atoms with Gasteiger partial charge in [-0.1, -0.05) is 42.5 Å². The Bertz CT molecular complexity index is 1310. The standard InChI is InChI=1S/C28H26FN3O3/c1-19-17-22(12-13-24(19)30-4)32-26(33)28(2,3)31(27(32)34)15-8-16-35-25-14-11-21(18-23(25)29)20-9-6-5-7-10-20/h5-7,9-14,17-18H,8,15-16H2,1-3H3. The molecule has 1 aliphatic rings. The predicted molar refractivity (Wildman–Crippen MR) is 133 cm³/mol. The van der Waals surface area contributed by atoms with Gasteiger partial charge in [-0.25, -0.2) is 18.9 Å². The second-order valence-corrected chi connectivity index (χ2v) is 8.93. The van der Waals surface area contributed by atoms with E-state index in [0.717, 1.165) is 16.0 Å². The first kappa shape index (κ1) is 24.0. The minimum Gasteiger partial charge on any atom is -0.490 e. The summed E-state index contributed by atoms with van der Waals surface area (Å²) >= 11 is 0. The molecule has 0 radical (unpaired) electrons. The molecule has 3 aromatic rings. The maximum absolute atomic E-state index is 14.6. The van der Waals surface area contributed by atoms with Gasteiger partial charge in [0.2, 0.25) is 0 Å². The molecular weight excluding hydrogens is 445 g/mol. The Morgan fingerprint density at radius 2 is 1.74 bits per heavy atom. The number of ether oxygens (including phenoxy) is 1. The lowest BCUT2D eigenvalue weighted by Crippen LogP contribution is -2.44. The molecule has 0 saturated carbocycles. The van der Waals surface area contributed by atoms with Crippen LogP contribution < -0.4 is 9.64 Å². The highest BCUT2D eigenvalue weighted by Gasteiger charge is 2.51. The maximum atomic E-state index is 14.6. The van der Waals surface area contributed by atoms with Crippen LogP contribution >= 0.6 is 0 Å². The molecule has 178 valence electrons. The van der Waals surface area contributed by atoms with E-state index >= 15 is 0 Å². The van der Waals surface area contributed by atoms with Crippen molar-refractivity contribution in [3.05, 3.63) is 89.5 Å². The number of hydrogen-bond donors (Lipinski definition) is 0. The van der Waals surface area contributed by atoms with E-state index in [4.69, 9.17) is 11.3 Å². The molecule has 1 heterocycles. The summed E-state index contributed by atoms with van der Waals surface area (Å²) in [5.41, 5.74) is 2.26. The number of nitrogens with zero attached hydrogens (tertiary/aromatic N) is 3. The van der Waals surface area contributed by atoms with Crippen LogP contribution in [0.4, 0.5) is 20.6 Å². The summed E-state index contributed by atoms with van der Waals surface area (Å²) in [4.78, 5) is 32.3. The van der Waals surface area contributed by atoms with Gasteiger partial charge in [0, 0.05) is 6.54 Å². The zero-order valence-corrected chi connectivity index (χ0v) is 19.9. The molecular formula is C28H26FN3O3. The summed E-state index contributed by atoms with van der Waals surface area (Å²) in [7, 11) is 0. The predicted octanol–water partition coefficient (Wildman–Crippen LogP) is 6.37. The monoisotopic (exact) mass is 471 g/mol. The van der Waals surface area contributed by atoms with Crippen LogP contribution in [-0.4, -0.2) is 35.5 Å². The highest BCUT2D eigenvalue weighted by molar-refractivity contribution is 6.23. The summed E-state index contributed by atoms with van der Waals surface area (Å²) < 4.78 is 20.2. The van der Waals surface area contributed by atoms with Gasteiger partial charge in [0.05, 0.1) is 18.9 Å². The molecule has 35 heavy (non-hydrogen) atoms. The number of rotatable bonds is 7. The zero-order valence-electron chi connectivity index (χ0n) is 19.9. The van der Waals surface area contributed by atoms with Gasteiger partial charge in [-0.3, -0.25) is 4.79 Å². The second kappa shape index (κ2) is 9.59. The Labute approximate surface area is 204 Å². The van der Waals surface area contributed by atoms with Gasteiger partial charge in [-0.15, -0.1) is 0 Å². The van der Waals surface area contributed by atoms with Crippen LogP contribution in [0.5, 0.6) is 5.75 Å². The Kier molecular flexibility index (Phi) is 6.57. The van der Waals surface area contributed by atoms with Crippen molar-refractivity contribution < 1.29 is 18.7 Å². The minimum absolute atomic E-state index is 0.143. The van der Waals surface area contributed by atoms with E-state index in [1.807, 2.05) is 30.3 Å². The fourth-order valence-electron chi connectivity index (χ4n) is 4.18. The first-order valence-electron chi connectivity index (χ1n) is 11.4. The van der Waals surface area contributed by atoms with Gasteiger partial charge in [0.15, 0.2) is 17.3 Å². The lowest BCUT2D eigenvalue weighted by Gasteiger charge is -2.27. The lowest BCUT2D eigenvalue weighted by atomic mass is 10.0. The number of anilines is 1. The van der Waals surface area contributed by atoms with E-state index in [0.29, 0.717) is 23.4 Å². The van der Waals surface area contributed by atoms with Gasteiger partial charge >= 0.3 is 6.03 Å². The number of urea groups is 1. The Balaban J connectivity index is 1.40. The fourth-order valence-corrected chi connectivity index (χ4v) is 4.18. The number of halogens is 1. The number of aryl methyl sites for hydroxylation is 1. The maximum Gasteiger partial charge on any atom is 0.332 e. The number of benzene rings is 3. The molecule has 0 atom stereocenters. The number of imide groups is 1. The highest BCUT2D eigenvalue weighted by Crippen LogP contribution is 2.34. The summed E-state index contributed by atoms with van der Waals surface area (Å²) in [6, 6.07) is 18.8. The fraction of sp³-hybridized carbons (Fsp3) is 0.250. The molecule has 1 saturated heterocycles. The van der Waals surface area contributed by atoms with Crippen LogP contribution in [0, 0.1) is 19.3 Å². The summed E-state index contributed by atoms with van der Waals surface area (Å²) in [6.07, 6.45) is 0.422.